The van der Waals surface area contributed by atoms with Crippen LogP contribution in [0.3, 0.4) is 0 Å². The molecule has 7 heteroatoms. The van der Waals surface area contributed by atoms with Crippen molar-refractivity contribution in [2.24, 2.45) is 0 Å². The number of nitrogens with one attached hydrogen (secondary N) is 2. The third-order valence-corrected chi connectivity index (χ3v) is 3.49. The van der Waals surface area contributed by atoms with Gasteiger partial charge in [0.15, 0.2) is 5.82 Å². The lowest BCUT2D eigenvalue weighted by atomic mass is 10.1. The van der Waals surface area contributed by atoms with Crippen molar-refractivity contribution in [3.63, 3.8) is 0 Å². The molecule has 0 saturated carbocycles. The summed E-state index contributed by atoms with van der Waals surface area (Å²) < 4.78 is 0. The number of hydrogen-bond donors (Lipinski definition) is 4. The number of hydrogen-bond acceptors (Lipinski definition) is 6. The highest BCUT2D eigenvalue weighted by Gasteiger charge is 2.23. The van der Waals surface area contributed by atoms with Gasteiger partial charge in [-0.1, -0.05) is 0 Å². The normalized spacial score (nSPS) is 22.5. The number of benzene rings is 1. The Kier molecular flexibility index (Phi) is 3.42. The number of phenolic OH excluding ortho intramolecular Hbond substituents is 2. The maximum Gasteiger partial charge on any atom is 0.245 e. The van der Waals surface area contributed by atoms with Crippen LogP contribution in [0.5, 0.6) is 11.5 Å². The molecule has 21 heavy (non-hydrogen) atoms. The predicted molar refractivity (Wildman–Crippen MR) is 79.4 cm³/mol. The lowest BCUT2D eigenvalue weighted by Gasteiger charge is -2.35. The number of aromatic nitrogens is 3. The summed E-state index contributed by atoms with van der Waals surface area (Å²) in [6, 6.07) is 5.10. The molecule has 2 aromatic rings. The van der Waals surface area contributed by atoms with Gasteiger partial charge in [-0.05, 0) is 26.0 Å². The molecule has 0 aliphatic carbocycles. The molecule has 1 aromatic heterocycles. The first-order valence-corrected chi connectivity index (χ1v) is 6.98. The summed E-state index contributed by atoms with van der Waals surface area (Å²) in [6.07, 6.45) is 0. The molecule has 0 amide bonds. The van der Waals surface area contributed by atoms with E-state index >= 15 is 0 Å². The zero-order valence-corrected chi connectivity index (χ0v) is 12.0. The molecule has 1 aliphatic heterocycles. The van der Waals surface area contributed by atoms with Crippen LogP contribution < -0.4 is 10.2 Å². The molecular formula is C14H19N5O2. The van der Waals surface area contributed by atoms with Crippen molar-refractivity contribution in [2.75, 3.05) is 18.0 Å². The van der Waals surface area contributed by atoms with Crippen LogP contribution in [0.15, 0.2) is 18.2 Å². The summed E-state index contributed by atoms with van der Waals surface area (Å²) in [4.78, 5) is 6.58. The number of piperazine rings is 1. The Bertz CT molecular complexity index is 612. The lowest BCUT2D eigenvalue weighted by Crippen LogP contribution is -2.54. The van der Waals surface area contributed by atoms with Crippen molar-refractivity contribution in [1.82, 2.24) is 20.5 Å². The Morgan fingerprint density at radius 3 is 2.33 bits per heavy atom. The number of rotatable bonds is 2. The van der Waals surface area contributed by atoms with Crippen LogP contribution >= 0.6 is 0 Å². The zero-order valence-electron chi connectivity index (χ0n) is 12.0. The van der Waals surface area contributed by atoms with E-state index in [2.05, 4.69) is 39.2 Å². The topological polar surface area (TPSA) is 97.3 Å². The summed E-state index contributed by atoms with van der Waals surface area (Å²) >= 11 is 0. The summed E-state index contributed by atoms with van der Waals surface area (Å²) in [5.41, 5.74) is 0.600. The average molecular weight is 289 g/mol. The molecule has 1 fully saturated rings. The van der Waals surface area contributed by atoms with E-state index in [1.165, 1.54) is 18.2 Å². The minimum absolute atomic E-state index is 0.00707. The highest BCUT2D eigenvalue weighted by Crippen LogP contribution is 2.27. The molecule has 2 heterocycles. The molecule has 0 radical (unpaired) electrons. The molecule has 1 saturated heterocycles. The van der Waals surface area contributed by atoms with Gasteiger partial charge in [0.2, 0.25) is 5.95 Å². The Balaban J connectivity index is 1.86. The van der Waals surface area contributed by atoms with Gasteiger partial charge < -0.3 is 20.4 Å². The first-order chi connectivity index (χ1) is 10.0. The average Bonchev–Trinajstić information content (AvgIpc) is 2.85. The summed E-state index contributed by atoms with van der Waals surface area (Å²) in [5.74, 6) is 1.14. The largest absolute Gasteiger partial charge is 0.508 e. The number of aromatic hydroxyl groups is 2. The fraction of sp³-hybridized carbons (Fsp3) is 0.429. The van der Waals surface area contributed by atoms with Crippen LogP contribution in [0.4, 0.5) is 5.95 Å². The Morgan fingerprint density at radius 2 is 1.71 bits per heavy atom. The second-order valence-corrected chi connectivity index (χ2v) is 5.60. The minimum Gasteiger partial charge on any atom is -0.508 e. The van der Waals surface area contributed by atoms with Crippen molar-refractivity contribution in [3.8, 4) is 22.9 Å². The third-order valence-electron chi connectivity index (χ3n) is 3.49. The monoisotopic (exact) mass is 289 g/mol. The summed E-state index contributed by atoms with van der Waals surface area (Å²) in [6.45, 7) is 5.94. The van der Waals surface area contributed by atoms with Crippen LogP contribution in [0.2, 0.25) is 0 Å². The van der Waals surface area contributed by atoms with Gasteiger partial charge in [0.1, 0.15) is 11.5 Å². The zero-order chi connectivity index (χ0) is 15.0. The van der Waals surface area contributed by atoms with Gasteiger partial charge in [-0.2, -0.15) is 4.98 Å². The molecule has 4 N–H and O–H groups in total. The first-order valence-electron chi connectivity index (χ1n) is 6.98. The number of H-pyrrole nitrogens is 1. The molecule has 2 atom stereocenters. The molecule has 3 rings (SSSR count). The van der Waals surface area contributed by atoms with Crippen LogP contribution in [-0.2, 0) is 0 Å². The number of aromatic amines is 1. The maximum atomic E-state index is 9.54. The van der Waals surface area contributed by atoms with Gasteiger partial charge in [-0.3, -0.25) is 5.10 Å². The molecule has 2 unspecified atom stereocenters. The smallest absolute Gasteiger partial charge is 0.245 e. The molecule has 0 spiro atoms. The summed E-state index contributed by atoms with van der Waals surface area (Å²) in [7, 11) is 0. The van der Waals surface area contributed by atoms with Crippen molar-refractivity contribution < 1.29 is 10.2 Å². The molecule has 7 nitrogen and oxygen atoms in total. The molecule has 1 aliphatic rings. The molecular weight excluding hydrogens is 270 g/mol. The van der Waals surface area contributed by atoms with Gasteiger partial charge in [0.25, 0.3) is 0 Å². The van der Waals surface area contributed by atoms with Gasteiger partial charge in [-0.25, -0.2) is 0 Å². The van der Waals surface area contributed by atoms with E-state index in [-0.39, 0.29) is 11.5 Å². The molecule has 0 bridgehead atoms. The SMILES string of the molecule is CC1CN(c2n[nH]c(-c3cc(O)cc(O)c3)n2)CC(C)N1. The minimum atomic E-state index is -0.00707. The highest BCUT2D eigenvalue weighted by molar-refractivity contribution is 5.61. The quantitative estimate of drug-likeness (QED) is 0.660. The number of phenols is 2. The highest BCUT2D eigenvalue weighted by atomic mass is 16.3. The van der Waals surface area contributed by atoms with Gasteiger partial charge in [0, 0.05) is 36.8 Å². The van der Waals surface area contributed by atoms with Crippen LogP contribution in [0.1, 0.15) is 13.8 Å². The fourth-order valence-corrected chi connectivity index (χ4v) is 2.75. The van der Waals surface area contributed by atoms with Crippen LogP contribution in [0.25, 0.3) is 11.4 Å². The van der Waals surface area contributed by atoms with E-state index in [1.807, 2.05) is 0 Å². The summed E-state index contributed by atoms with van der Waals surface area (Å²) in [5, 5.41) is 29.6. The Hall–Kier alpha value is -2.28. The van der Waals surface area contributed by atoms with Gasteiger partial charge in [-0.15, -0.1) is 5.10 Å². The van der Waals surface area contributed by atoms with E-state index in [0.29, 0.717) is 29.4 Å². The second-order valence-electron chi connectivity index (χ2n) is 5.60. The first kappa shape index (κ1) is 13.7. The van der Waals surface area contributed by atoms with Crippen molar-refractivity contribution in [2.45, 2.75) is 25.9 Å². The Labute approximate surface area is 122 Å². The van der Waals surface area contributed by atoms with Crippen molar-refractivity contribution in [3.05, 3.63) is 18.2 Å². The van der Waals surface area contributed by atoms with E-state index in [0.717, 1.165) is 13.1 Å². The van der Waals surface area contributed by atoms with E-state index < -0.39 is 0 Å². The number of nitrogens with zero attached hydrogens (tertiary/aromatic N) is 3. The van der Waals surface area contributed by atoms with E-state index in [1.54, 1.807) is 0 Å². The van der Waals surface area contributed by atoms with E-state index in [4.69, 9.17) is 0 Å². The second kappa shape index (κ2) is 5.25. The Morgan fingerprint density at radius 1 is 1.10 bits per heavy atom. The van der Waals surface area contributed by atoms with Crippen molar-refractivity contribution >= 4 is 5.95 Å². The molecule has 112 valence electrons. The maximum absolute atomic E-state index is 9.54. The van der Waals surface area contributed by atoms with Crippen LogP contribution in [-0.4, -0.2) is 50.6 Å². The lowest BCUT2D eigenvalue weighted by molar-refractivity contribution is 0.403. The third kappa shape index (κ3) is 2.92. The van der Waals surface area contributed by atoms with Gasteiger partial charge >= 0.3 is 0 Å². The van der Waals surface area contributed by atoms with Crippen LogP contribution in [0, 0.1) is 0 Å². The fourth-order valence-electron chi connectivity index (χ4n) is 2.75. The predicted octanol–water partition coefficient (Wildman–Crippen LogP) is 1.07. The standard InChI is InChI=1S/C14H19N5O2/c1-8-6-19(7-9(2)15-8)14-16-13(17-18-14)10-3-11(20)5-12(21)4-10/h3-5,8-9,15,20-21H,6-7H2,1-2H3,(H,16,17,18). The van der Waals surface area contributed by atoms with Crippen molar-refractivity contribution in [1.29, 1.82) is 0 Å². The van der Waals surface area contributed by atoms with Gasteiger partial charge in [0.05, 0.1) is 0 Å². The van der Waals surface area contributed by atoms with E-state index in [9.17, 15) is 10.2 Å². The molecule has 1 aromatic carbocycles. The number of anilines is 1.